The van der Waals surface area contributed by atoms with E-state index in [1.807, 2.05) is 13.8 Å². The molecule has 2 aromatic rings. The lowest BCUT2D eigenvalue weighted by molar-refractivity contribution is -0.125. The minimum atomic E-state index is -3.54. The SMILES string of the molecule is CCCCC1CCC(C2=NC3(CCN(S(=O)(=O)CCc4c(C)cc(-n5c(O)c[nH]c5=O)cc4C)CC3)C(=O)N2)CC1. The first-order valence-corrected chi connectivity index (χ1v) is 16.6. The maximum absolute atomic E-state index is 13.3. The van der Waals surface area contributed by atoms with Gasteiger partial charge in [0, 0.05) is 19.0 Å². The van der Waals surface area contributed by atoms with Crippen LogP contribution in [0.3, 0.4) is 0 Å². The third-order valence-corrected chi connectivity index (χ3v) is 11.3. The van der Waals surface area contributed by atoms with Gasteiger partial charge in [-0.05, 0) is 93.5 Å². The number of unbranched alkanes of at least 4 members (excludes halogenated alkanes) is 1. The first-order chi connectivity index (χ1) is 19.5. The molecule has 1 aromatic heterocycles. The normalized spacial score (nSPS) is 23.1. The van der Waals surface area contributed by atoms with E-state index in [1.165, 1.54) is 47.2 Å². The van der Waals surface area contributed by atoms with Crippen LogP contribution >= 0.6 is 0 Å². The number of carbonyl (C=O) groups excluding carboxylic acids is 1. The van der Waals surface area contributed by atoms with Gasteiger partial charge in [-0.25, -0.2) is 22.1 Å². The molecule has 0 atom stereocenters. The molecule has 2 aliphatic heterocycles. The molecule has 1 aliphatic carbocycles. The van der Waals surface area contributed by atoms with E-state index >= 15 is 0 Å². The zero-order valence-corrected chi connectivity index (χ0v) is 25.2. The third-order valence-electron chi connectivity index (χ3n) is 9.45. The summed E-state index contributed by atoms with van der Waals surface area (Å²) in [6.45, 7) is 6.55. The van der Waals surface area contributed by atoms with Crippen molar-refractivity contribution in [3.63, 3.8) is 0 Å². The van der Waals surface area contributed by atoms with Crippen LogP contribution in [-0.2, 0) is 21.2 Å². The number of aromatic hydroxyl groups is 1. The smallest absolute Gasteiger partial charge is 0.333 e. The Hall–Kier alpha value is -2.92. The van der Waals surface area contributed by atoms with E-state index in [1.54, 1.807) is 12.1 Å². The first-order valence-electron chi connectivity index (χ1n) is 15.0. The number of nitrogens with zero attached hydrogens (tertiary/aromatic N) is 3. The molecule has 1 spiro atoms. The minimum Gasteiger partial charge on any atom is -0.493 e. The van der Waals surface area contributed by atoms with E-state index in [0.717, 1.165) is 41.3 Å². The first kappa shape index (κ1) is 29.6. The van der Waals surface area contributed by atoms with E-state index in [4.69, 9.17) is 4.99 Å². The number of nitrogens with one attached hydrogen (secondary N) is 2. The molecule has 0 radical (unpaired) electrons. The van der Waals surface area contributed by atoms with E-state index in [9.17, 15) is 23.1 Å². The topological polar surface area (TPSA) is 137 Å². The van der Waals surface area contributed by atoms with Crippen LogP contribution in [0, 0.1) is 25.7 Å². The van der Waals surface area contributed by atoms with Crippen LogP contribution in [0.1, 0.15) is 81.4 Å². The summed E-state index contributed by atoms with van der Waals surface area (Å²) in [7, 11) is -3.54. The lowest BCUT2D eigenvalue weighted by Crippen LogP contribution is -2.51. The number of aliphatic imine (C=N–C) groups is 1. The highest BCUT2D eigenvalue weighted by atomic mass is 32.2. The molecule has 2 fully saturated rings. The number of amides is 1. The van der Waals surface area contributed by atoms with Gasteiger partial charge in [0.2, 0.25) is 15.9 Å². The fraction of sp³-hybridized carbons (Fsp3) is 0.633. The number of piperidine rings is 1. The molecule has 224 valence electrons. The Morgan fingerprint density at radius 3 is 2.32 bits per heavy atom. The summed E-state index contributed by atoms with van der Waals surface area (Å²) < 4.78 is 29.4. The maximum Gasteiger partial charge on any atom is 0.333 e. The largest absolute Gasteiger partial charge is 0.493 e. The summed E-state index contributed by atoms with van der Waals surface area (Å²) in [5, 5.41) is 13.1. The van der Waals surface area contributed by atoms with Crippen LogP contribution in [0.5, 0.6) is 5.88 Å². The Morgan fingerprint density at radius 1 is 1.07 bits per heavy atom. The number of carbonyl (C=O) groups is 1. The number of rotatable bonds is 9. The van der Waals surface area contributed by atoms with Crippen molar-refractivity contribution in [3.05, 3.63) is 45.5 Å². The number of aromatic amines is 1. The molecule has 41 heavy (non-hydrogen) atoms. The number of hydrogen-bond donors (Lipinski definition) is 3. The number of aryl methyl sites for hydroxylation is 2. The van der Waals surface area contributed by atoms with Gasteiger partial charge in [-0.15, -0.1) is 0 Å². The zero-order chi connectivity index (χ0) is 29.4. The van der Waals surface area contributed by atoms with Gasteiger partial charge in [-0.1, -0.05) is 26.2 Å². The van der Waals surface area contributed by atoms with Crippen LogP contribution in [0.15, 0.2) is 28.1 Å². The van der Waals surface area contributed by atoms with Crippen LogP contribution < -0.4 is 11.0 Å². The summed E-state index contributed by atoms with van der Waals surface area (Å²) in [5.41, 5.74) is 1.85. The molecule has 3 N–H and O–H groups in total. The predicted molar refractivity (Wildman–Crippen MR) is 159 cm³/mol. The van der Waals surface area contributed by atoms with Gasteiger partial charge in [-0.2, -0.15) is 0 Å². The number of benzene rings is 1. The van der Waals surface area contributed by atoms with Gasteiger partial charge < -0.3 is 15.4 Å². The number of sulfonamides is 1. The quantitative estimate of drug-likeness (QED) is 0.412. The Bertz CT molecular complexity index is 1450. The van der Waals surface area contributed by atoms with Gasteiger partial charge >= 0.3 is 5.69 Å². The standard InChI is InChI=1S/C30H43N5O5S/c1-4-5-6-22-7-9-23(10-8-22)27-32-28(37)30(33-27)12-14-34(15-13-30)41(39,40)16-11-25-20(2)17-24(18-21(25)3)35-26(36)19-31-29(35)38/h17-19,22-23,36H,4-16H2,1-3H3,(H,31,38)(H,32,33,37). The van der Waals surface area contributed by atoms with E-state index in [2.05, 4.69) is 17.2 Å². The molecule has 10 nitrogen and oxygen atoms in total. The van der Waals surface area contributed by atoms with Gasteiger partial charge in [-0.3, -0.25) is 9.79 Å². The number of hydrogen-bond acceptors (Lipinski definition) is 6. The summed E-state index contributed by atoms with van der Waals surface area (Å²) in [4.78, 5) is 32.5. The second-order valence-corrected chi connectivity index (χ2v) is 14.2. The van der Waals surface area contributed by atoms with Crippen molar-refractivity contribution in [2.75, 3.05) is 18.8 Å². The van der Waals surface area contributed by atoms with E-state index in [-0.39, 0.29) is 30.6 Å². The third kappa shape index (κ3) is 6.02. The van der Waals surface area contributed by atoms with E-state index < -0.39 is 21.3 Å². The van der Waals surface area contributed by atoms with Gasteiger partial charge in [0.1, 0.15) is 11.4 Å². The Balaban J connectivity index is 1.19. The summed E-state index contributed by atoms with van der Waals surface area (Å²) in [6.07, 6.45) is 10.7. The minimum absolute atomic E-state index is 0.0433. The zero-order valence-electron chi connectivity index (χ0n) is 24.4. The predicted octanol–water partition coefficient (Wildman–Crippen LogP) is 3.72. The van der Waals surface area contributed by atoms with Gasteiger partial charge in [0.25, 0.3) is 5.91 Å². The average Bonchev–Trinajstić information content (AvgIpc) is 3.44. The van der Waals surface area contributed by atoms with Crippen LogP contribution in [0.2, 0.25) is 0 Å². The van der Waals surface area contributed by atoms with Gasteiger partial charge in [0.15, 0.2) is 0 Å². The second kappa shape index (κ2) is 11.8. The number of imidazole rings is 1. The van der Waals surface area contributed by atoms with Crippen molar-refractivity contribution in [2.45, 2.75) is 90.5 Å². The van der Waals surface area contributed by atoms with Crippen molar-refractivity contribution >= 4 is 21.8 Å². The summed E-state index contributed by atoms with van der Waals surface area (Å²) in [5.74, 6) is 1.61. The van der Waals surface area contributed by atoms with Crippen molar-refractivity contribution in [1.29, 1.82) is 0 Å². The Labute approximate surface area is 242 Å². The molecule has 1 saturated heterocycles. The van der Waals surface area contributed by atoms with Crippen LogP contribution in [0.4, 0.5) is 0 Å². The van der Waals surface area contributed by atoms with Gasteiger partial charge in [0.05, 0.1) is 17.6 Å². The fourth-order valence-corrected chi connectivity index (χ4v) is 8.35. The molecule has 0 unspecified atom stereocenters. The Morgan fingerprint density at radius 2 is 1.73 bits per heavy atom. The fourth-order valence-electron chi connectivity index (χ4n) is 6.89. The van der Waals surface area contributed by atoms with Crippen molar-refractivity contribution in [2.24, 2.45) is 16.8 Å². The number of aromatic nitrogens is 2. The Kier molecular flexibility index (Phi) is 8.48. The monoisotopic (exact) mass is 585 g/mol. The van der Waals surface area contributed by atoms with Crippen molar-refractivity contribution < 1.29 is 18.3 Å². The second-order valence-electron chi connectivity index (χ2n) is 12.2. The molecule has 5 rings (SSSR count). The molecule has 11 heteroatoms. The molecule has 1 aromatic carbocycles. The van der Waals surface area contributed by atoms with Crippen LogP contribution in [0.25, 0.3) is 5.69 Å². The summed E-state index contributed by atoms with van der Waals surface area (Å²) in [6, 6.07) is 3.56. The molecule has 3 heterocycles. The molecular formula is C30H43N5O5S. The number of H-pyrrole nitrogens is 1. The summed E-state index contributed by atoms with van der Waals surface area (Å²) >= 11 is 0. The molecule has 3 aliphatic rings. The lowest BCUT2D eigenvalue weighted by atomic mass is 9.79. The maximum atomic E-state index is 13.3. The van der Waals surface area contributed by atoms with Crippen LogP contribution in [-0.4, -0.2) is 63.5 Å². The van der Waals surface area contributed by atoms with Crippen molar-refractivity contribution in [1.82, 2.24) is 19.2 Å². The average molecular weight is 586 g/mol. The molecular weight excluding hydrogens is 542 g/mol. The highest BCUT2D eigenvalue weighted by Crippen LogP contribution is 2.37. The highest BCUT2D eigenvalue weighted by Gasteiger charge is 2.48. The van der Waals surface area contributed by atoms with Crippen molar-refractivity contribution in [3.8, 4) is 11.6 Å². The molecule has 0 bridgehead atoms. The number of amidine groups is 1. The molecule has 1 amide bonds. The highest BCUT2D eigenvalue weighted by molar-refractivity contribution is 7.89. The molecule has 1 saturated carbocycles. The van der Waals surface area contributed by atoms with E-state index in [0.29, 0.717) is 30.9 Å². The lowest BCUT2D eigenvalue weighted by Gasteiger charge is -2.34.